The number of fused-ring (bicyclic) bond motifs is 3. The van der Waals surface area contributed by atoms with Gasteiger partial charge in [-0.3, -0.25) is 10.2 Å². The summed E-state index contributed by atoms with van der Waals surface area (Å²) < 4.78 is 19.8. The smallest absolute Gasteiger partial charge is 0.242 e. The highest BCUT2D eigenvalue weighted by molar-refractivity contribution is 5.97. The van der Waals surface area contributed by atoms with Crippen molar-refractivity contribution in [3.8, 4) is 17.4 Å². The lowest BCUT2D eigenvalue weighted by Crippen LogP contribution is -2.27. The zero-order chi connectivity index (χ0) is 25.3. The van der Waals surface area contributed by atoms with Crippen molar-refractivity contribution in [2.45, 2.75) is 58.9 Å². The summed E-state index contributed by atoms with van der Waals surface area (Å²) in [4.78, 5) is 13.4. The number of hydrogen-bond acceptors (Lipinski definition) is 8. The fourth-order valence-electron chi connectivity index (χ4n) is 4.46. The molecule has 0 saturated heterocycles. The molecule has 0 saturated carbocycles. The second kappa shape index (κ2) is 10.9. The van der Waals surface area contributed by atoms with E-state index < -0.39 is 0 Å². The second-order valence-corrected chi connectivity index (χ2v) is 9.57. The molecule has 1 aromatic carbocycles. The zero-order valence-electron chi connectivity index (χ0n) is 21.4. The number of aliphatic hydroxyl groups is 1. The van der Waals surface area contributed by atoms with E-state index in [-0.39, 0.29) is 49.0 Å². The Morgan fingerprint density at radius 3 is 2.53 bits per heavy atom. The van der Waals surface area contributed by atoms with Gasteiger partial charge >= 0.3 is 0 Å². The van der Waals surface area contributed by atoms with Crippen LogP contribution in [0, 0.1) is 5.41 Å². The number of aromatic nitrogens is 4. The van der Waals surface area contributed by atoms with Crippen molar-refractivity contribution in [1.82, 2.24) is 19.4 Å². The molecule has 3 aromatic rings. The lowest BCUT2D eigenvalue weighted by molar-refractivity contribution is 0.0964. The summed E-state index contributed by atoms with van der Waals surface area (Å²) in [6.45, 7) is 8.25. The van der Waals surface area contributed by atoms with Crippen LogP contribution in [0.5, 0.6) is 17.4 Å². The van der Waals surface area contributed by atoms with Gasteiger partial charge < -0.3 is 19.3 Å². The maximum Gasteiger partial charge on any atom is 0.242 e. The van der Waals surface area contributed by atoms with Crippen LogP contribution in [0.25, 0.3) is 5.65 Å². The quantitative estimate of drug-likeness (QED) is 0.416. The third-order valence-electron chi connectivity index (χ3n) is 6.11. The van der Waals surface area contributed by atoms with Crippen LogP contribution in [-0.2, 0) is 24.8 Å². The van der Waals surface area contributed by atoms with E-state index in [1.165, 1.54) is 9.20 Å². The Bertz CT molecular complexity index is 1330. The fourth-order valence-corrected chi connectivity index (χ4v) is 4.46. The average Bonchev–Trinajstić information content (AvgIpc) is 3.42. The van der Waals surface area contributed by atoms with Gasteiger partial charge in [-0.25, -0.2) is 4.68 Å². The monoisotopic (exact) mass is 519 g/mol. The number of ether oxygens (including phenoxy) is 3. The molecule has 0 aliphatic heterocycles. The molecule has 11 heteroatoms. The molecule has 0 radical (unpaired) electrons. The largest absolute Gasteiger partial charge is 0.493 e. The maximum atomic E-state index is 13.4. The Labute approximate surface area is 216 Å². The van der Waals surface area contributed by atoms with Crippen molar-refractivity contribution in [2.24, 2.45) is 0 Å². The molecule has 2 heterocycles. The molecule has 2 N–H and O–H groups in total. The highest BCUT2D eigenvalue weighted by Gasteiger charge is 2.27. The summed E-state index contributed by atoms with van der Waals surface area (Å²) in [5.41, 5.74) is 3.57. The highest BCUT2D eigenvalue weighted by atomic mass is 35.5. The Balaban J connectivity index is 0.00000361. The first-order valence-corrected chi connectivity index (χ1v) is 11.9. The molecule has 196 valence electrons. The van der Waals surface area contributed by atoms with Gasteiger partial charge in [0.1, 0.15) is 13.2 Å². The van der Waals surface area contributed by atoms with Crippen LogP contribution in [0.3, 0.4) is 0 Å². The van der Waals surface area contributed by atoms with E-state index in [0.717, 1.165) is 36.0 Å². The van der Waals surface area contributed by atoms with Gasteiger partial charge in [-0.2, -0.15) is 4.52 Å². The lowest BCUT2D eigenvalue weighted by Gasteiger charge is -2.25. The van der Waals surface area contributed by atoms with Crippen molar-refractivity contribution in [1.29, 1.82) is 5.41 Å². The van der Waals surface area contributed by atoms with Crippen molar-refractivity contribution >= 4 is 23.8 Å². The van der Waals surface area contributed by atoms with Crippen LogP contribution in [0.2, 0.25) is 0 Å². The van der Waals surface area contributed by atoms with E-state index in [0.29, 0.717) is 35.2 Å². The number of Topliss-reactive ketones (excluding diaryl/α,β-unsaturated/α-hetero) is 1. The predicted molar refractivity (Wildman–Crippen MR) is 136 cm³/mol. The fraction of sp³-hybridized carbons (Fsp3) is 0.520. The molecule has 2 aromatic heterocycles. The van der Waals surface area contributed by atoms with E-state index >= 15 is 0 Å². The van der Waals surface area contributed by atoms with Crippen LogP contribution in [-0.4, -0.2) is 57.2 Å². The van der Waals surface area contributed by atoms with Gasteiger partial charge in [0.15, 0.2) is 22.9 Å². The minimum Gasteiger partial charge on any atom is -0.493 e. The van der Waals surface area contributed by atoms with E-state index in [2.05, 4.69) is 10.2 Å². The van der Waals surface area contributed by atoms with Gasteiger partial charge in [-0.15, -0.1) is 22.6 Å². The summed E-state index contributed by atoms with van der Waals surface area (Å²) >= 11 is 0. The normalized spacial score (nSPS) is 12.8. The van der Waals surface area contributed by atoms with Crippen LogP contribution < -0.4 is 19.8 Å². The number of aliphatic hydroxyl groups excluding tert-OH is 1. The second-order valence-electron chi connectivity index (χ2n) is 9.57. The number of aryl methyl sites for hydroxylation is 1. The molecule has 1 aliphatic rings. The number of benzene rings is 1. The first-order chi connectivity index (χ1) is 16.7. The van der Waals surface area contributed by atoms with Crippen LogP contribution in [0.15, 0.2) is 12.1 Å². The van der Waals surface area contributed by atoms with Crippen LogP contribution in [0.1, 0.15) is 61.2 Å². The number of carbonyl (C=O) groups excluding carboxylic acids is 1. The third kappa shape index (κ3) is 5.05. The molecule has 0 fully saturated rings. The van der Waals surface area contributed by atoms with Gasteiger partial charge in [-0.1, -0.05) is 20.8 Å². The molecule has 36 heavy (non-hydrogen) atoms. The van der Waals surface area contributed by atoms with E-state index in [1.54, 1.807) is 19.2 Å². The molecular formula is C25H34ClN5O5. The maximum absolute atomic E-state index is 13.4. The van der Waals surface area contributed by atoms with Crippen molar-refractivity contribution in [2.75, 3.05) is 26.9 Å². The number of nitrogens with one attached hydrogen (secondary N) is 1. The number of nitrogens with zero attached hydrogens (tertiary/aromatic N) is 4. The van der Waals surface area contributed by atoms with Crippen LogP contribution >= 0.6 is 12.4 Å². The summed E-state index contributed by atoms with van der Waals surface area (Å²) in [5, 5.41) is 27.0. The minimum absolute atomic E-state index is 0. The van der Waals surface area contributed by atoms with Gasteiger partial charge in [-0.05, 0) is 43.7 Å². The van der Waals surface area contributed by atoms with Crippen LogP contribution in [0.4, 0.5) is 0 Å². The topological polar surface area (TPSA) is 124 Å². The molecule has 0 spiro atoms. The molecule has 0 atom stereocenters. The molecule has 1 aliphatic carbocycles. The Kier molecular flexibility index (Phi) is 8.30. The first-order valence-electron chi connectivity index (χ1n) is 11.9. The number of methoxy groups -OCH3 is 1. The Hall–Kier alpha value is -3.11. The Morgan fingerprint density at radius 2 is 1.89 bits per heavy atom. The molecule has 0 unspecified atom stereocenters. The van der Waals surface area contributed by atoms with E-state index in [9.17, 15) is 9.90 Å². The number of rotatable bonds is 9. The Morgan fingerprint density at radius 1 is 1.17 bits per heavy atom. The van der Waals surface area contributed by atoms with Gasteiger partial charge in [0, 0.05) is 22.3 Å². The number of halogens is 1. The standard InChI is InChI=1S/C25H33N5O5.ClH/c1-6-34-23-17-9-7-8-16(17)22-27-29(24(26)30(22)28-23)14-19(32)15-12-18(25(2,3)4)21(33-5)20(13-15)35-11-10-31;/h12-13,26,31H,6-11,14H2,1-5H3;1H. The first kappa shape index (κ1) is 27.5. The summed E-state index contributed by atoms with van der Waals surface area (Å²) in [7, 11) is 1.55. The van der Waals surface area contributed by atoms with Gasteiger partial charge in [0.2, 0.25) is 11.5 Å². The zero-order valence-corrected chi connectivity index (χ0v) is 22.2. The van der Waals surface area contributed by atoms with Gasteiger partial charge in [0.05, 0.1) is 20.3 Å². The average molecular weight is 520 g/mol. The summed E-state index contributed by atoms with van der Waals surface area (Å²) in [5.74, 6) is 1.24. The predicted octanol–water partition coefficient (Wildman–Crippen LogP) is 2.88. The number of ketones is 1. The molecule has 4 rings (SSSR count). The molecule has 0 bridgehead atoms. The summed E-state index contributed by atoms with van der Waals surface area (Å²) in [6.07, 6.45) is 2.68. The van der Waals surface area contributed by atoms with Crippen molar-refractivity contribution in [3.63, 3.8) is 0 Å². The van der Waals surface area contributed by atoms with Crippen molar-refractivity contribution in [3.05, 3.63) is 40.0 Å². The lowest BCUT2D eigenvalue weighted by atomic mass is 9.84. The highest BCUT2D eigenvalue weighted by Crippen LogP contribution is 2.40. The number of hydrogen-bond donors (Lipinski definition) is 2. The summed E-state index contributed by atoms with van der Waals surface area (Å²) in [6, 6.07) is 3.42. The molecule has 0 amide bonds. The minimum atomic E-state index is -0.323. The molecular weight excluding hydrogens is 486 g/mol. The SMILES string of the molecule is CCOc1nn2c(=N)n(CC(=O)c3cc(OCCO)c(OC)c(C(C)(C)C)c3)nc2c2c1CCC2.Cl. The van der Waals surface area contributed by atoms with E-state index in [4.69, 9.17) is 19.6 Å². The molecule has 10 nitrogen and oxygen atoms in total. The van der Waals surface area contributed by atoms with E-state index in [1.807, 2.05) is 27.7 Å². The van der Waals surface area contributed by atoms with Crippen molar-refractivity contribution < 1.29 is 24.1 Å². The van der Waals surface area contributed by atoms with Gasteiger partial charge in [0.25, 0.3) is 0 Å². The number of carbonyl (C=O) groups is 1. The third-order valence-corrected chi connectivity index (χ3v) is 6.11.